The molecule has 0 aromatic heterocycles. The van der Waals surface area contributed by atoms with Gasteiger partial charge in [0.1, 0.15) is 0 Å². The third kappa shape index (κ3) is 6.58. The zero-order chi connectivity index (χ0) is 21.4. The molecule has 0 bridgehead atoms. The van der Waals surface area contributed by atoms with E-state index in [4.69, 9.17) is 0 Å². The lowest BCUT2D eigenvalue weighted by Crippen LogP contribution is -2.27. The van der Waals surface area contributed by atoms with E-state index in [1.54, 1.807) is 0 Å². The minimum absolute atomic E-state index is 0.0832. The van der Waals surface area contributed by atoms with Crippen molar-refractivity contribution >= 4 is 10.8 Å². The van der Waals surface area contributed by atoms with Crippen molar-refractivity contribution in [3.63, 3.8) is 0 Å². The van der Waals surface area contributed by atoms with Crippen LogP contribution in [0.5, 0.6) is 0 Å². The van der Waals surface area contributed by atoms with Gasteiger partial charge in [-0.25, -0.2) is 0 Å². The second-order valence-electron chi connectivity index (χ2n) is 8.78. The Balaban J connectivity index is 2.37. The van der Waals surface area contributed by atoms with Crippen molar-refractivity contribution in [2.75, 3.05) is 19.6 Å². The third-order valence-corrected chi connectivity index (χ3v) is 5.39. The summed E-state index contributed by atoms with van der Waals surface area (Å²) < 4.78 is 0. The number of allylic oxidation sites excluding steroid dienone is 2. The van der Waals surface area contributed by atoms with Gasteiger partial charge in [-0.15, -0.1) is 0 Å². The Morgan fingerprint density at radius 3 is 2.14 bits per heavy atom. The van der Waals surface area contributed by atoms with Gasteiger partial charge in [0, 0.05) is 19.6 Å². The lowest BCUT2D eigenvalue weighted by Gasteiger charge is -2.23. The number of hydrogen-bond acceptors (Lipinski definition) is 2. The van der Waals surface area contributed by atoms with E-state index in [2.05, 4.69) is 101 Å². The molecule has 29 heavy (non-hydrogen) atoms. The van der Waals surface area contributed by atoms with Crippen LogP contribution in [0.4, 0.5) is 0 Å². The maximum Gasteiger partial charge on any atom is 0.0744 e. The first-order valence-corrected chi connectivity index (χ1v) is 10.7. The van der Waals surface area contributed by atoms with Gasteiger partial charge in [-0.05, 0) is 61.9 Å². The van der Waals surface area contributed by atoms with Crippen LogP contribution in [0.15, 0.2) is 59.7 Å². The monoisotopic (exact) mass is 388 g/mol. The van der Waals surface area contributed by atoms with E-state index in [0.29, 0.717) is 0 Å². The maximum atomic E-state index is 9.93. The van der Waals surface area contributed by atoms with E-state index >= 15 is 0 Å². The summed E-state index contributed by atoms with van der Waals surface area (Å²) in [4.78, 5) is 2.48. The van der Waals surface area contributed by atoms with Gasteiger partial charge in [0.05, 0.1) is 12.0 Å². The highest BCUT2D eigenvalue weighted by Gasteiger charge is 2.21. The molecule has 154 valence electrons. The van der Waals surface area contributed by atoms with Crippen LogP contribution in [-0.4, -0.2) is 24.5 Å². The first kappa shape index (κ1) is 22.9. The third-order valence-electron chi connectivity index (χ3n) is 5.39. The van der Waals surface area contributed by atoms with Crippen LogP contribution in [0.25, 0.3) is 10.8 Å². The van der Waals surface area contributed by atoms with Gasteiger partial charge in [-0.2, -0.15) is 5.26 Å². The van der Waals surface area contributed by atoms with E-state index in [0.717, 1.165) is 26.1 Å². The minimum Gasteiger partial charge on any atom is -0.296 e. The second kappa shape index (κ2) is 11.0. The van der Waals surface area contributed by atoms with Crippen molar-refractivity contribution in [1.82, 2.24) is 4.90 Å². The van der Waals surface area contributed by atoms with E-state index in [1.165, 1.54) is 33.0 Å². The fraction of sp³-hybridized carbons (Fsp3) is 0.444. The molecule has 0 heterocycles. The van der Waals surface area contributed by atoms with Crippen LogP contribution in [0, 0.1) is 17.2 Å². The molecule has 0 saturated heterocycles. The summed E-state index contributed by atoms with van der Waals surface area (Å²) in [6.07, 6.45) is 5.55. The van der Waals surface area contributed by atoms with E-state index in [1.807, 2.05) is 0 Å². The van der Waals surface area contributed by atoms with E-state index < -0.39 is 0 Å². The normalized spacial score (nSPS) is 12.1. The molecule has 2 rings (SSSR count). The molecule has 0 radical (unpaired) electrons. The molecule has 0 spiro atoms. The molecule has 2 aromatic carbocycles. The quantitative estimate of drug-likeness (QED) is 0.438. The summed E-state index contributed by atoms with van der Waals surface area (Å²) in [6, 6.07) is 15.5. The Morgan fingerprint density at radius 1 is 0.966 bits per heavy atom. The fourth-order valence-electron chi connectivity index (χ4n) is 3.63. The molecule has 0 saturated carbocycles. The van der Waals surface area contributed by atoms with Crippen molar-refractivity contribution in [2.24, 2.45) is 5.92 Å². The summed E-state index contributed by atoms with van der Waals surface area (Å²) in [5, 5.41) is 12.4. The molecule has 1 atom stereocenters. The molecule has 2 aromatic rings. The Morgan fingerprint density at radius 2 is 1.59 bits per heavy atom. The predicted octanol–water partition coefficient (Wildman–Crippen LogP) is 6.88. The number of nitrogens with zero attached hydrogens (tertiary/aromatic N) is 2. The van der Waals surface area contributed by atoms with Crippen LogP contribution in [0.1, 0.15) is 58.6 Å². The van der Waals surface area contributed by atoms with Crippen LogP contribution in [-0.2, 0) is 6.42 Å². The van der Waals surface area contributed by atoms with Gasteiger partial charge >= 0.3 is 0 Å². The average molecular weight is 389 g/mol. The highest BCUT2D eigenvalue weighted by molar-refractivity contribution is 5.87. The van der Waals surface area contributed by atoms with Gasteiger partial charge in [-0.3, -0.25) is 4.90 Å². The second-order valence-corrected chi connectivity index (χ2v) is 8.78. The molecule has 0 aliphatic carbocycles. The molecule has 0 amide bonds. The number of fused-ring (bicyclic) bond motifs is 1. The molecule has 0 aliphatic heterocycles. The van der Waals surface area contributed by atoms with Gasteiger partial charge < -0.3 is 0 Å². The molecule has 0 aliphatic rings. The van der Waals surface area contributed by atoms with E-state index in [-0.39, 0.29) is 11.8 Å². The Bertz CT molecular complexity index is 884. The highest BCUT2D eigenvalue weighted by atomic mass is 15.1. The number of rotatable bonds is 9. The topological polar surface area (TPSA) is 27.0 Å². The zero-order valence-electron chi connectivity index (χ0n) is 19.0. The molecule has 2 heteroatoms. The van der Waals surface area contributed by atoms with Crippen molar-refractivity contribution < 1.29 is 0 Å². The summed E-state index contributed by atoms with van der Waals surface area (Å²) >= 11 is 0. The lowest BCUT2D eigenvalue weighted by atomic mass is 9.82. The van der Waals surface area contributed by atoms with Crippen LogP contribution in [0.2, 0.25) is 0 Å². The molecular weight excluding hydrogens is 352 g/mol. The Labute approximate surface area is 177 Å². The van der Waals surface area contributed by atoms with Crippen molar-refractivity contribution in [1.29, 1.82) is 5.26 Å². The average Bonchev–Trinajstić information content (AvgIpc) is 2.68. The fourth-order valence-corrected chi connectivity index (χ4v) is 3.63. The highest BCUT2D eigenvalue weighted by Crippen LogP contribution is 2.33. The van der Waals surface area contributed by atoms with Crippen molar-refractivity contribution in [3.8, 4) is 6.07 Å². The van der Waals surface area contributed by atoms with Gasteiger partial charge in [0.2, 0.25) is 0 Å². The molecule has 2 nitrogen and oxygen atoms in total. The zero-order valence-corrected chi connectivity index (χ0v) is 19.0. The van der Waals surface area contributed by atoms with Gasteiger partial charge in [-0.1, -0.05) is 73.5 Å². The van der Waals surface area contributed by atoms with Gasteiger partial charge in [0.15, 0.2) is 0 Å². The van der Waals surface area contributed by atoms with Crippen LogP contribution >= 0.6 is 0 Å². The predicted molar refractivity (Wildman–Crippen MR) is 126 cm³/mol. The first-order chi connectivity index (χ1) is 13.8. The SMILES string of the molecule is CC(C)=CCN(CC=C(C)C)CCc1ccc2ccccc2c1C(C#N)C(C)C. The Hall–Kier alpha value is -2.37. The summed E-state index contributed by atoms with van der Waals surface area (Å²) in [6.45, 7) is 15.8. The Kier molecular flexibility index (Phi) is 8.68. The lowest BCUT2D eigenvalue weighted by molar-refractivity contribution is 0.337. The summed E-state index contributed by atoms with van der Waals surface area (Å²) in [5.41, 5.74) is 5.24. The number of benzene rings is 2. The number of nitriles is 1. The van der Waals surface area contributed by atoms with Crippen molar-refractivity contribution in [2.45, 2.75) is 53.9 Å². The van der Waals surface area contributed by atoms with E-state index in [9.17, 15) is 5.26 Å². The smallest absolute Gasteiger partial charge is 0.0744 e. The maximum absolute atomic E-state index is 9.93. The minimum atomic E-state index is -0.0832. The molecular formula is C27H36N2. The van der Waals surface area contributed by atoms with Crippen LogP contribution in [0.3, 0.4) is 0 Å². The molecule has 0 N–H and O–H groups in total. The largest absolute Gasteiger partial charge is 0.296 e. The standard InChI is InChI=1S/C27H36N2/c1-20(2)13-16-29(17-14-21(3)4)18-15-24-12-11-23-9-7-8-10-25(23)27(24)26(19-28)22(5)6/h7-14,22,26H,15-18H2,1-6H3. The number of hydrogen-bond donors (Lipinski definition) is 0. The molecule has 1 unspecified atom stereocenters. The van der Waals surface area contributed by atoms with Crippen molar-refractivity contribution in [3.05, 3.63) is 70.8 Å². The van der Waals surface area contributed by atoms with Crippen LogP contribution < -0.4 is 0 Å². The summed E-state index contributed by atoms with van der Waals surface area (Å²) in [7, 11) is 0. The summed E-state index contributed by atoms with van der Waals surface area (Å²) in [5.74, 6) is 0.206. The first-order valence-electron chi connectivity index (χ1n) is 10.7. The van der Waals surface area contributed by atoms with Gasteiger partial charge in [0.25, 0.3) is 0 Å². The molecule has 0 fully saturated rings.